The van der Waals surface area contributed by atoms with Crippen molar-refractivity contribution in [1.29, 1.82) is 0 Å². The summed E-state index contributed by atoms with van der Waals surface area (Å²) in [6.45, 7) is 13.1. The van der Waals surface area contributed by atoms with E-state index < -0.39 is 0 Å². The van der Waals surface area contributed by atoms with Crippen molar-refractivity contribution in [1.82, 2.24) is 9.88 Å². The number of anilines is 1. The van der Waals surface area contributed by atoms with Gasteiger partial charge in [-0.2, -0.15) is 0 Å². The number of piperidine rings is 1. The van der Waals surface area contributed by atoms with Crippen molar-refractivity contribution in [2.75, 3.05) is 18.4 Å². The molecule has 7 heteroatoms. The van der Waals surface area contributed by atoms with E-state index in [0.29, 0.717) is 36.6 Å². The second-order valence-electron chi connectivity index (χ2n) is 9.62. The third kappa shape index (κ3) is 6.55. The van der Waals surface area contributed by atoms with Gasteiger partial charge in [-0.1, -0.05) is 38.4 Å². The number of urea groups is 1. The summed E-state index contributed by atoms with van der Waals surface area (Å²) in [5, 5.41) is 13.1. The molecule has 34 heavy (non-hydrogen) atoms. The van der Waals surface area contributed by atoms with Gasteiger partial charge in [0.25, 0.3) is 0 Å². The summed E-state index contributed by atoms with van der Waals surface area (Å²) in [5.74, 6) is 0. The molecule has 0 saturated carbocycles. The number of aliphatic imine (C=N–C) groups is 1. The van der Waals surface area contributed by atoms with E-state index in [-0.39, 0.29) is 17.6 Å². The molecular weight excluding hydrogens is 448 g/mol. The van der Waals surface area contributed by atoms with E-state index in [9.17, 15) is 9.90 Å². The highest BCUT2D eigenvalue weighted by molar-refractivity contribution is 6.32. The maximum atomic E-state index is 12.5. The molecule has 2 aromatic rings. The monoisotopic (exact) mass is 480 g/mol. The van der Waals surface area contributed by atoms with Crippen molar-refractivity contribution in [3.63, 3.8) is 0 Å². The molecule has 0 spiro atoms. The number of benzene rings is 1. The Morgan fingerprint density at radius 2 is 1.97 bits per heavy atom. The average molecular weight is 481 g/mol. The quantitative estimate of drug-likeness (QED) is 0.397. The van der Waals surface area contributed by atoms with E-state index in [4.69, 9.17) is 11.6 Å². The Kier molecular flexibility index (Phi) is 8.28. The Morgan fingerprint density at radius 3 is 2.59 bits per heavy atom. The van der Waals surface area contributed by atoms with Crippen LogP contribution in [0.4, 0.5) is 10.5 Å². The number of nitrogens with zero attached hydrogens (tertiary/aromatic N) is 3. The molecule has 0 unspecified atom stereocenters. The lowest BCUT2D eigenvalue weighted by atomic mass is 9.89. The molecule has 6 nitrogen and oxygen atoms in total. The molecular formula is C27H33ClN4O2. The number of nitrogens with one attached hydrogen (secondary N) is 1. The zero-order valence-electron chi connectivity index (χ0n) is 20.3. The minimum atomic E-state index is -0.324. The van der Waals surface area contributed by atoms with Gasteiger partial charge in [0.15, 0.2) is 0 Å². The highest BCUT2D eigenvalue weighted by atomic mass is 35.5. The molecule has 1 saturated heterocycles. The lowest BCUT2D eigenvalue weighted by Gasteiger charge is -2.29. The number of amides is 2. The first-order valence-electron chi connectivity index (χ1n) is 11.4. The van der Waals surface area contributed by atoms with Gasteiger partial charge in [-0.3, -0.25) is 9.98 Å². The topological polar surface area (TPSA) is 77.8 Å². The van der Waals surface area contributed by atoms with Crippen molar-refractivity contribution >= 4 is 41.2 Å². The number of aromatic nitrogens is 1. The maximum absolute atomic E-state index is 12.5. The summed E-state index contributed by atoms with van der Waals surface area (Å²) in [6.07, 6.45) is 6.43. The predicted octanol–water partition coefficient (Wildman–Crippen LogP) is 6.17. The molecule has 1 fully saturated rings. The summed E-state index contributed by atoms with van der Waals surface area (Å²) < 4.78 is 0. The molecule has 180 valence electrons. The minimum absolute atomic E-state index is 0.0704. The maximum Gasteiger partial charge on any atom is 0.321 e. The van der Waals surface area contributed by atoms with E-state index in [2.05, 4.69) is 48.8 Å². The number of allylic oxidation sites excluding steroid dienone is 3. The van der Waals surface area contributed by atoms with E-state index in [0.717, 1.165) is 28.0 Å². The van der Waals surface area contributed by atoms with Crippen LogP contribution in [0.5, 0.6) is 0 Å². The van der Waals surface area contributed by atoms with Crippen molar-refractivity contribution in [3.8, 4) is 0 Å². The van der Waals surface area contributed by atoms with Crippen LogP contribution >= 0.6 is 11.6 Å². The van der Waals surface area contributed by atoms with Crippen molar-refractivity contribution in [3.05, 3.63) is 70.6 Å². The Labute approximate surface area is 207 Å². The fourth-order valence-corrected chi connectivity index (χ4v) is 4.14. The van der Waals surface area contributed by atoms with Gasteiger partial charge in [0.05, 0.1) is 11.1 Å². The van der Waals surface area contributed by atoms with E-state index in [1.165, 1.54) is 0 Å². The van der Waals surface area contributed by atoms with Crippen LogP contribution in [-0.4, -0.2) is 46.9 Å². The number of likely N-dealkylation sites (tertiary alicyclic amines) is 1. The van der Waals surface area contributed by atoms with Crippen LogP contribution in [0.1, 0.15) is 57.4 Å². The minimum Gasteiger partial charge on any atom is -0.393 e. The number of rotatable bonds is 5. The number of carbonyl (C=O) groups is 1. The molecule has 1 aliphatic heterocycles. The van der Waals surface area contributed by atoms with Crippen molar-refractivity contribution in [2.24, 2.45) is 4.99 Å². The lowest BCUT2D eigenvalue weighted by Crippen LogP contribution is -2.42. The Morgan fingerprint density at radius 1 is 1.26 bits per heavy atom. The molecule has 2 heterocycles. The van der Waals surface area contributed by atoms with Crippen LogP contribution < -0.4 is 5.32 Å². The third-order valence-electron chi connectivity index (χ3n) is 5.86. The summed E-state index contributed by atoms with van der Waals surface area (Å²) in [6, 6.07) is 9.34. The molecule has 1 aromatic heterocycles. The fraction of sp³-hybridized carbons (Fsp3) is 0.370. The van der Waals surface area contributed by atoms with Crippen LogP contribution in [0.2, 0.25) is 5.02 Å². The molecule has 1 aliphatic rings. The van der Waals surface area contributed by atoms with E-state index in [1.807, 2.05) is 37.4 Å². The highest BCUT2D eigenvalue weighted by Gasteiger charge is 2.21. The zero-order valence-corrected chi connectivity index (χ0v) is 21.1. The summed E-state index contributed by atoms with van der Waals surface area (Å²) >= 11 is 6.60. The first-order chi connectivity index (χ1) is 16.1. The van der Waals surface area contributed by atoms with Crippen LogP contribution in [0.15, 0.2) is 53.8 Å². The smallest absolute Gasteiger partial charge is 0.321 e. The predicted molar refractivity (Wildman–Crippen MR) is 141 cm³/mol. The second kappa shape index (κ2) is 11.0. The normalized spacial score (nSPS) is 15.9. The Bertz CT molecular complexity index is 1110. The number of hydrogen-bond donors (Lipinski definition) is 2. The molecule has 0 radical (unpaired) electrons. The number of hydrogen-bond acceptors (Lipinski definition) is 4. The molecule has 0 atom stereocenters. The molecule has 3 rings (SSSR count). The van der Waals surface area contributed by atoms with Gasteiger partial charge < -0.3 is 15.3 Å². The first kappa shape index (κ1) is 25.7. The van der Waals surface area contributed by atoms with Crippen LogP contribution in [-0.2, 0) is 5.41 Å². The van der Waals surface area contributed by atoms with Gasteiger partial charge in [-0.25, -0.2) is 4.79 Å². The molecule has 2 N–H and O–H groups in total. The van der Waals surface area contributed by atoms with E-state index in [1.54, 1.807) is 17.2 Å². The van der Waals surface area contributed by atoms with Gasteiger partial charge in [-0.15, -0.1) is 0 Å². The Balaban J connectivity index is 1.80. The first-order valence-corrected chi connectivity index (χ1v) is 11.8. The zero-order chi connectivity index (χ0) is 24.9. The number of pyridine rings is 1. The van der Waals surface area contributed by atoms with Gasteiger partial charge >= 0.3 is 6.03 Å². The summed E-state index contributed by atoms with van der Waals surface area (Å²) in [5.41, 5.74) is 5.27. The molecule has 1 aromatic carbocycles. The average Bonchev–Trinajstić information content (AvgIpc) is 2.78. The van der Waals surface area contributed by atoms with Crippen molar-refractivity contribution < 1.29 is 9.90 Å². The summed E-state index contributed by atoms with van der Waals surface area (Å²) in [4.78, 5) is 22.7. The number of carbonyl (C=O) groups excluding carboxylic acids is 1. The van der Waals surface area contributed by atoms with Gasteiger partial charge in [-0.05, 0) is 73.5 Å². The van der Waals surface area contributed by atoms with Crippen LogP contribution in [0, 0.1) is 0 Å². The number of aliphatic hydroxyl groups is 1. The number of halogens is 1. The van der Waals surface area contributed by atoms with Gasteiger partial charge in [0, 0.05) is 47.9 Å². The van der Waals surface area contributed by atoms with Gasteiger partial charge in [0.1, 0.15) is 0 Å². The molecule has 0 bridgehead atoms. The van der Waals surface area contributed by atoms with Crippen molar-refractivity contribution in [2.45, 2.75) is 52.1 Å². The summed E-state index contributed by atoms with van der Waals surface area (Å²) in [7, 11) is 0. The standard InChI is InChI=1S/C27H33ClN4O2/c1-18(14-20(17-29-5)19-8-11-30-25(15-19)27(2,3)4)23-7-6-21(16-24(23)28)31-26(34)32-12-9-22(33)10-13-32/h6-8,11,14-17,22,33H,5,9-10,12-13H2,1-4H3,(H,31,34)/b18-14+,20-17+. The van der Waals surface area contributed by atoms with Crippen LogP contribution in [0.25, 0.3) is 11.1 Å². The largest absolute Gasteiger partial charge is 0.393 e. The third-order valence-corrected chi connectivity index (χ3v) is 6.17. The van der Waals surface area contributed by atoms with Crippen LogP contribution in [0.3, 0.4) is 0 Å². The SMILES string of the molecule is C=N/C=C(\C=C(/C)c1ccc(NC(=O)N2CCC(O)CC2)cc1Cl)c1ccnc(C(C)(C)C)c1. The Hall–Kier alpha value is -2.96. The molecule has 2 amide bonds. The van der Waals surface area contributed by atoms with E-state index >= 15 is 0 Å². The molecule has 0 aliphatic carbocycles. The number of aliphatic hydroxyl groups excluding tert-OH is 1. The lowest BCUT2D eigenvalue weighted by molar-refractivity contribution is 0.0972. The fourth-order valence-electron chi connectivity index (χ4n) is 3.81. The van der Waals surface area contributed by atoms with Gasteiger partial charge in [0.2, 0.25) is 0 Å². The highest BCUT2D eigenvalue weighted by Crippen LogP contribution is 2.31. The second-order valence-corrected chi connectivity index (χ2v) is 10.0.